The summed E-state index contributed by atoms with van der Waals surface area (Å²) < 4.78 is 0. The van der Waals surface area contributed by atoms with Crippen LogP contribution in [-0.2, 0) is 13.1 Å². The molecule has 20 heavy (non-hydrogen) atoms. The highest BCUT2D eigenvalue weighted by Crippen LogP contribution is 2.30. The first-order valence-electron chi connectivity index (χ1n) is 7.30. The minimum Gasteiger partial charge on any atom is -0.370 e. The summed E-state index contributed by atoms with van der Waals surface area (Å²) in [5, 5.41) is 5.40. The summed E-state index contributed by atoms with van der Waals surface area (Å²) in [4.78, 5) is 8.50. The van der Waals surface area contributed by atoms with Crippen molar-refractivity contribution in [1.82, 2.24) is 9.88 Å². The van der Waals surface area contributed by atoms with Gasteiger partial charge in [0.05, 0.1) is 0 Å². The van der Waals surface area contributed by atoms with E-state index >= 15 is 0 Å². The van der Waals surface area contributed by atoms with Crippen LogP contribution in [0.3, 0.4) is 0 Å². The SMILES string of the molecule is CCNc1ccc(CN(Cc2cccs2)C2CC2)cn1. The second kappa shape index (κ2) is 6.37. The molecule has 2 aromatic rings. The Morgan fingerprint density at radius 1 is 1.30 bits per heavy atom. The quantitative estimate of drug-likeness (QED) is 0.841. The summed E-state index contributed by atoms with van der Waals surface area (Å²) in [6.45, 7) is 5.07. The second-order valence-electron chi connectivity index (χ2n) is 5.30. The summed E-state index contributed by atoms with van der Waals surface area (Å²) >= 11 is 1.85. The van der Waals surface area contributed by atoms with Crippen LogP contribution in [0.15, 0.2) is 35.8 Å². The first-order valence-corrected chi connectivity index (χ1v) is 8.18. The predicted molar refractivity (Wildman–Crippen MR) is 85.0 cm³/mol. The van der Waals surface area contributed by atoms with Gasteiger partial charge in [-0.25, -0.2) is 4.98 Å². The number of nitrogens with one attached hydrogen (secondary N) is 1. The summed E-state index contributed by atoms with van der Waals surface area (Å²) in [6.07, 6.45) is 4.68. The molecule has 0 aliphatic heterocycles. The van der Waals surface area contributed by atoms with Crippen LogP contribution in [0.5, 0.6) is 0 Å². The fraction of sp³-hybridized carbons (Fsp3) is 0.438. The maximum Gasteiger partial charge on any atom is 0.125 e. The Bertz CT molecular complexity index is 517. The standard InChI is InChI=1S/C16H21N3S/c1-2-17-16-8-5-13(10-18-16)11-19(14-6-7-14)12-15-4-3-9-20-15/h3-5,8-10,14H,2,6-7,11-12H2,1H3,(H,17,18). The zero-order chi connectivity index (χ0) is 13.8. The molecule has 0 saturated heterocycles. The van der Waals surface area contributed by atoms with Crippen LogP contribution in [-0.4, -0.2) is 22.5 Å². The molecule has 1 aliphatic carbocycles. The maximum absolute atomic E-state index is 4.46. The number of anilines is 1. The first-order chi connectivity index (χ1) is 9.85. The molecule has 0 unspecified atom stereocenters. The van der Waals surface area contributed by atoms with Gasteiger partial charge in [-0.05, 0) is 42.8 Å². The van der Waals surface area contributed by atoms with Gasteiger partial charge in [0.15, 0.2) is 0 Å². The van der Waals surface area contributed by atoms with Gasteiger partial charge in [-0.3, -0.25) is 4.90 Å². The third-order valence-corrected chi connectivity index (χ3v) is 4.43. The molecular formula is C16H21N3S. The van der Waals surface area contributed by atoms with Crippen molar-refractivity contribution in [2.24, 2.45) is 0 Å². The zero-order valence-corrected chi connectivity index (χ0v) is 12.7. The molecule has 1 saturated carbocycles. The minimum atomic E-state index is 0.769. The molecule has 2 aromatic heterocycles. The number of thiophene rings is 1. The van der Waals surface area contributed by atoms with Gasteiger partial charge in [-0.1, -0.05) is 12.1 Å². The number of nitrogens with zero attached hydrogens (tertiary/aromatic N) is 2. The highest BCUT2D eigenvalue weighted by Gasteiger charge is 2.29. The Kier molecular flexibility index (Phi) is 4.33. The average molecular weight is 287 g/mol. The summed E-state index contributed by atoms with van der Waals surface area (Å²) in [7, 11) is 0. The second-order valence-corrected chi connectivity index (χ2v) is 6.33. The summed E-state index contributed by atoms with van der Waals surface area (Å²) in [5.74, 6) is 0.965. The van der Waals surface area contributed by atoms with Gasteiger partial charge in [-0.2, -0.15) is 0 Å². The van der Waals surface area contributed by atoms with E-state index in [9.17, 15) is 0 Å². The van der Waals surface area contributed by atoms with Crippen molar-refractivity contribution in [3.8, 4) is 0 Å². The highest BCUT2D eigenvalue weighted by molar-refractivity contribution is 7.09. The molecule has 0 bridgehead atoms. The van der Waals surface area contributed by atoms with Crippen LogP contribution in [0.1, 0.15) is 30.2 Å². The number of hydrogen-bond donors (Lipinski definition) is 1. The number of rotatable bonds is 7. The summed E-state index contributed by atoms with van der Waals surface area (Å²) in [6, 6.07) is 9.40. The number of hydrogen-bond acceptors (Lipinski definition) is 4. The van der Waals surface area contributed by atoms with E-state index in [4.69, 9.17) is 0 Å². The van der Waals surface area contributed by atoms with E-state index in [-0.39, 0.29) is 0 Å². The number of pyridine rings is 1. The monoisotopic (exact) mass is 287 g/mol. The van der Waals surface area contributed by atoms with Gasteiger partial charge in [0.1, 0.15) is 5.82 Å². The lowest BCUT2D eigenvalue weighted by Crippen LogP contribution is -2.24. The lowest BCUT2D eigenvalue weighted by molar-refractivity contribution is 0.248. The molecular weight excluding hydrogens is 266 g/mol. The third-order valence-electron chi connectivity index (χ3n) is 3.57. The summed E-state index contributed by atoms with van der Waals surface area (Å²) in [5.41, 5.74) is 1.30. The van der Waals surface area contributed by atoms with E-state index in [2.05, 4.69) is 51.8 Å². The van der Waals surface area contributed by atoms with Gasteiger partial charge < -0.3 is 5.32 Å². The topological polar surface area (TPSA) is 28.2 Å². The third kappa shape index (κ3) is 3.58. The Hall–Kier alpha value is -1.39. The van der Waals surface area contributed by atoms with Crippen LogP contribution < -0.4 is 5.32 Å². The Morgan fingerprint density at radius 3 is 2.80 bits per heavy atom. The van der Waals surface area contributed by atoms with E-state index in [1.807, 2.05) is 17.5 Å². The van der Waals surface area contributed by atoms with Crippen molar-refractivity contribution in [1.29, 1.82) is 0 Å². The van der Waals surface area contributed by atoms with Gasteiger partial charge in [0.25, 0.3) is 0 Å². The zero-order valence-electron chi connectivity index (χ0n) is 11.9. The van der Waals surface area contributed by atoms with Gasteiger partial charge in [-0.15, -0.1) is 11.3 Å². The molecule has 2 heterocycles. The molecule has 0 atom stereocenters. The molecule has 0 radical (unpaired) electrons. The van der Waals surface area contributed by atoms with E-state index in [0.29, 0.717) is 0 Å². The molecule has 106 valence electrons. The van der Waals surface area contributed by atoms with Crippen LogP contribution in [0.2, 0.25) is 0 Å². The van der Waals surface area contributed by atoms with Crippen molar-refractivity contribution in [2.45, 2.75) is 38.9 Å². The molecule has 0 aromatic carbocycles. The van der Waals surface area contributed by atoms with Gasteiger partial charge in [0.2, 0.25) is 0 Å². The molecule has 0 spiro atoms. The van der Waals surface area contributed by atoms with Crippen LogP contribution in [0.4, 0.5) is 5.82 Å². The van der Waals surface area contributed by atoms with E-state index in [1.54, 1.807) is 0 Å². The maximum atomic E-state index is 4.46. The Morgan fingerprint density at radius 2 is 2.20 bits per heavy atom. The lowest BCUT2D eigenvalue weighted by atomic mass is 10.2. The van der Waals surface area contributed by atoms with Crippen molar-refractivity contribution in [3.05, 3.63) is 46.3 Å². The lowest BCUT2D eigenvalue weighted by Gasteiger charge is -2.21. The van der Waals surface area contributed by atoms with Crippen LogP contribution in [0.25, 0.3) is 0 Å². The highest BCUT2D eigenvalue weighted by atomic mass is 32.1. The van der Waals surface area contributed by atoms with Crippen molar-refractivity contribution in [2.75, 3.05) is 11.9 Å². The Labute approximate surface area is 124 Å². The fourth-order valence-electron chi connectivity index (χ4n) is 2.39. The van der Waals surface area contributed by atoms with Gasteiger partial charge in [0, 0.05) is 36.8 Å². The molecule has 1 N–H and O–H groups in total. The average Bonchev–Trinajstić information content (AvgIpc) is 3.19. The van der Waals surface area contributed by atoms with E-state index < -0.39 is 0 Å². The first kappa shape index (κ1) is 13.6. The van der Waals surface area contributed by atoms with E-state index in [0.717, 1.165) is 31.5 Å². The van der Waals surface area contributed by atoms with Crippen molar-refractivity contribution < 1.29 is 0 Å². The molecule has 1 fully saturated rings. The van der Waals surface area contributed by atoms with Gasteiger partial charge >= 0.3 is 0 Å². The molecule has 0 amide bonds. The predicted octanol–water partition coefficient (Wildman–Crippen LogP) is 3.74. The molecule has 3 nitrogen and oxygen atoms in total. The Balaban J connectivity index is 1.63. The number of aromatic nitrogens is 1. The van der Waals surface area contributed by atoms with Crippen LogP contribution in [0, 0.1) is 0 Å². The smallest absolute Gasteiger partial charge is 0.125 e. The minimum absolute atomic E-state index is 0.769. The van der Waals surface area contributed by atoms with E-state index in [1.165, 1.54) is 23.3 Å². The normalized spacial score (nSPS) is 14.7. The molecule has 4 heteroatoms. The fourth-order valence-corrected chi connectivity index (χ4v) is 3.12. The van der Waals surface area contributed by atoms with Crippen LogP contribution >= 0.6 is 11.3 Å². The molecule has 3 rings (SSSR count). The largest absolute Gasteiger partial charge is 0.370 e. The van der Waals surface area contributed by atoms with Crippen molar-refractivity contribution >= 4 is 17.2 Å². The van der Waals surface area contributed by atoms with Crippen molar-refractivity contribution in [3.63, 3.8) is 0 Å². The molecule has 1 aliphatic rings.